The Morgan fingerprint density at radius 2 is 1.52 bits per heavy atom. The molecule has 0 radical (unpaired) electrons. The van der Waals surface area contributed by atoms with Crippen LogP contribution in [0.3, 0.4) is 0 Å². The van der Waals surface area contributed by atoms with Crippen molar-refractivity contribution in [3.05, 3.63) is 111 Å². The fraction of sp³-hybridized carbons (Fsp3) is 0.354. The number of benzene rings is 3. The number of ether oxygens (including phenoxy) is 3. The zero-order chi connectivity index (χ0) is 49.2. The third kappa shape index (κ3) is 9.05. The summed E-state index contributed by atoms with van der Waals surface area (Å²) in [5.74, 6) is -7.64. The first-order chi connectivity index (χ1) is 31.7. The number of amides is 1. The molecule has 8 rings (SSSR count). The minimum Gasteiger partial charge on any atom is -0.510 e. The molecular weight excluding hydrogens is 875 g/mol. The van der Waals surface area contributed by atoms with Gasteiger partial charge in [0.15, 0.2) is 28.7 Å². The summed E-state index contributed by atoms with van der Waals surface area (Å²) in [6.45, 7) is 7.21. The molecule has 4 aliphatic rings. The van der Waals surface area contributed by atoms with E-state index in [1.54, 1.807) is 33.5 Å². The number of Topliss-reactive ketones (excluding diaryl/α,β-unsaturated/α-hetero) is 3. The predicted molar refractivity (Wildman–Crippen MR) is 242 cm³/mol. The summed E-state index contributed by atoms with van der Waals surface area (Å²) in [4.78, 5) is 65.5. The first-order valence-corrected chi connectivity index (χ1v) is 21.1. The molecule has 0 bridgehead atoms. The van der Waals surface area contributed by atoms with E-state index in [4.69, 9.17) is 34.6 Å². The molecule has 3 aromatic carbocycles. The molecule has 9 N–H and O–H groups in total. The van der Waals surface area contributed by atoms with Gasteiger partial charge in [-0.1, -0.05) is 18.7 Å². The minimum atomic E-state index is -2.94. The van der Waals surface area contributed by atoms with E-state index in [0.717, 1.165) is 26.1 Å². The Morgan fingerprint density at radius 3 is 2.10 bits per heavy atom. The second kappa shape index (κ2) is 19.7. The number of aliphatic hydroxyl groups is 4. The lowest BCUT2D eigenvalue weighted by molar-refractivity contribution is -0.159. The number of phenolic OH excluding ortho intramolecular Hbond substituents is 3. The zero-order valence-corrected chi connectivity index (χ0v) is 37.4. The molecule has 0 unspecified atom stereocenters. The van der Waals surface area contributed by atoms with Gasteiger partial charge in [0.25, 0.3) is 5.91 Å². The Morgan fingerprint density at radius 1 is 0.896 bits per heavy atom. The van der Waals surface area contributed by atoms with Gasteiger partial charge in [0.2, 0.25) is 5.78 Å². The van der Waals surface area contributed by atoms with Crippen LogP contribution in [0.15, 0.2) is 93.1 Å². The highest BCUT2D eigenvalue weighted by Gasteiger charge is 2.67. The maximum atomic E-state index is 13.3. The first-order valence-electron chi connectivity index (χ1n) is 21.1. The van der Waals surface area contributed by atoms with Gasteiger partial charge in [0, 0.05) is 42.0 Å². The molecule has 19 heteroatoms. The Balaban J connectivity index is 0.000000182. The molecule has 1 amide bonds. The summed E-state index contributed by atoms with van der Waals surface area (Å²) in [5.41, 5.74) is 1.33. The second-order valence-corrected chi connectivity index (χ2v) is 16.6. The number of methoxy groups -OCH3 is 3. The number of hydrogen-bond acceptors (Lipinski definition) is 18. The maximum Gasteiger partial charge on any atom is 0.336 e. The van der Waals surface area contributed by atoms with Gasteiger partial charge in [-0.25, -0.2) is 4.79 Å². The first kappa shape index (κ1) is 49.2. The number of nitrogens with zero attached hydrogens (tertiary/aromatic N) is 2. The van der Waals surface area contributed by atoms with Gasteiger partial charge in [-0.3, -0.25) is 24.1 Å². The van der Waals surface area contributed by atoms with Crippen molar-refractivity contribution in [3.63, 3.8) is 0 Å². The highest BCUT2D eigenvalue weighted by molar-refractivity contribution is 6.25. The van der Waals surface area contributed by atoms with Crippen molar-refractivity contribution in [1.29, 1.82) is 0 Å². The molecule has 4 aromatic rings. The van der Waals surface area contributed by atoms with E-state index in [9.17, 15) is 49.5 Å². The molecule has 1 aliphatic heterocycles. The van der Waals surface area contributed by atoms with Gasteiger partial charge in [0.05, 0.1) is 50.5 Å². The average molecular weight is 928 g/mol. The molecule has 1 saturated heterocycles. The molecule has 67 heavy (non-hydrogen) atoms. The highest BCUT2D eigenvalue weighted by Crippen LogP contribution is 2.55. The molecule has 1 aromatic heterocycles. The van der Waals surface area contributed by atoms with Crippen molar-refractivity contribution in [3.8, 4) is 34.5 Å². The summed E-state index contributed by atoms with van der Waals surface area (Å²) in [7, 11) is 7.61. The lowest BCUT2D eigenvalue weighted by Gasteiger charge is -2.52. The van der Waals surface area contributed by atoms with Crippen molar-refractivity contribution >= 4 is 39.8 Å². The zero-order valence-electron chi connectivity index (χ0n) is 37.4. The van der Waals surface area contributed by atoms with Crippen LogP contribution in [0.4, 0.5) is 0 Å². The summed E-state index contributed by atoms with van der Waals surface area (Å²) in [5, 5.41) is 73.6. The van der Waals surface area contributed by atoms with Crippen molar-refractivity contribution in [2.45, 2.75) is 43.4 Å². The molecule has 0 spiro atoms. The SMILES string of the molecule is C=C1c2cccc(O)c2C(=O)C2=C(O)[C@]3(O)C(=O)C(C(N)=O)=C(O)[C@@H](N(C)C)[C@@H]3[C@@H](O)[C@H]12.COc1cc(OC)c(C(=O)CCCN2CCCC2)c(OC)c1.O=c1ccc2cc(O)c(O)cc2o1. The molecule has 5 atom stereocenters. The number of carbonyl (C=O) groups is 4. The number of carbonyl (C=O) groups excluding carboxylic acids is 4. The Bertz CT molecular complexity index is 2740. The van der Waals surface area contributed by atoms with Crippen LogP contribution in [0.25, 0.3) is 16.5 Å². The number of aromatic hydroxyl groups is 3. The lowest BCUT2D eigenvalue weighted by Crippen LogP contribution is -2.68. The Labute approximate surface area is 383 Å². The molecule has 2 heterocycles. The number of hydrogen-bond donors (Lipinski definition) is 8. The number of ketones is 3. The Kier molecular flexibility index (Phi) is 14.5. The number of aliphatic hydroxyl groups excluding tert-OH is 3. The molecule has 356 valence electrons. The van der Waals surface area contributed by atoms with Crippen molar-refractivity contribution in [2.75, 3.05) is 55.1 Å². The lowest BCUT2D eigenvalue weighted by atomic mass is 9.56. The van der Waals surface area contributed by atoms with Gasteiger partial charge < -0.3 is 65.0 Å². The van der Waals surface area contributed by atoms with Gasteiger partial charge in [0.1, 0.15) is 51.2 Å². The van der Waals surface area contributed by atoms with Gasteiger partial charge >= 0.3 is 5.63 Å². The minimum absolute atomic E-state index is 0.0514. The van der Waals surface area contributed by atoms with Gasteiger partial charge in [-0.2, -0.15) is 0 Å². The van der Waals surface area contributed by atoms with Crippen LogP contribution in [-0.4, -0.2) is 142 Å². The highest BCUT2D eigenvalue weighted by atomic mass is 16.5. The summed E-state index contributed by atoms with van der Waals surface area (Å²) in [6, 6.07) is 11.7. The molecule has 1 fully saturated rings. The smallest absolute Gasteiger partial charge is 0.336 e. The van der Waals surface area contributed by atoms with Crippen LogP contribution in [0.1, 0.15) is 52.0 Å². The molecule has 3 aliphatic carbocycles. The fourth-order valence-corrected chi connectivity index (χ4v) is 9.18. The summed E-state index contributed by atoms with van der Waals surface area (Å²) in [6.07, 6.45) is 2.21. The molecule has 19 nitrogen and oxygen atoms in total. The van der Waals surface area contributed by atoms with Gasteiger partial charge in [-0.15, -0.1) is 0 Å². The van der Waals surface area contributed by atoms with E-state index < -0.39 is 81.1 Å². The summed E-state index contributed by atoms with van der Waals surface area (Å²) >= 11 is 0. The topological polar surface area (TPSA) is 300 Å². The second-order valence-electron chi connectivity index (χ2n) is 16.6. The fourth-order valence-electron chi connectivity index (χ4n) is 9.18. The van der Waals surface area contributed by atoms with E-state index in [-0.39, 0.29) is 39.6 Å². The standard InChI is InChI=1S/C22H22N2O8.C17H25NO4.C9H6O4/c1-7-8-5-4-6-9(25)11(8)16(26)12-10(7)17(27)14-15(24(2)3)18(28)13(21(23)31)20(30)22(14,32)19(12)29;1-20-13-11-15(21-2)17(16(12-13)22-3)14(19)7-6-10-18-8-4-5-9-18;10-6-3-5-1-2-9(12)13-8(5)4-7(6)11/h4-6,10,14-15,17,25,27-29,32H,1H2,2-3H3,(H2,23,31);11-12H,4-10H2,1-3H3;1-4,10-11H/t10-,14-,15+,17+,22+;;/m1../s1. The number of likely N-dealkylation sites (N-methyl/N-ethyl adjacent to an activating group) is 1. The maximum absolute atomic E-state index is 13.3. The number of nitrogens with two attached hydrogens (primary N) is 1. The monoisotopic (exact) mass is 927 g/mol. The third-order valence-electron chi connectivity index (χ3n) is 12.4. The number of likely N-dealkylation sites (tertiary alicyclic amines) is 1. The van der Waals surface area contributed by atoms with Crippen LogP contribution in [0.2, 0.25) is 0 Å². The number of primary amides is 1. The summed E-state index contributed by atoms with van der Waals surface area (Å²) < 4.78 is 20.7. The van der Waals surface area contributed by atoms with Crippen molar-refractivity contribution in [2.24, 2.45) is 17.6 Å². The van der Waals surface area contributed by atoms with Crippen LogP contribution in [-0.2, 0) is 9.59 Å². The van der Waals surface area contributed by atoms with Crippen molar-refractivity contribution < 1.29 is 73.6 Å². The Hall–Kier alpha value is -7.19. The van der Waals surface area contributed by atoms with Crippen LogP contribution in [0, 0.1) is 11.8 Å². The van der Waals surface area contributed by atoms with Gasteiger partial charge in [-0.05, 0) is 82.3 Å². The normalized spacial score (nSPS) is 22.2. The van der Waals surface area contributed by atoms with E-state index in [1.165, 1.54) is 74.3 Å². The van der Waals surface area contributed by atoms with E-state index in [2.05, 4.69) is 11.5 Å². The number of phenols is 3. The van der Waals surface area contributed by atoms with Crippen LogP contribution >= 0.6 is 0 Å². The van der Waals surface area contributed by atoms with E-state index in [0.29, 0.717) is 34.6 Å². The van der Waals surface area contributed by atoms with Crippen molar-refractivity contribution in [1.82, 2.24) is 9.80 Å². The number of fused-ring (bicyclic) bond motifs is 4. The number of rotatable bonds is 10. The van der Waals surface area contributed by atoms with E-state index in [1.807, 2.05) is 0 Å². The van der Waals surface area contributed by atoms with Crippen LogP contribution in [0.5, 0.6) is 34.5 Å². The predicted octanol–water partition coefficient (Wildman–Crippen LogP) is 3.54. The average Bonchev–Trinajstić information content (AvgIpc) is 3.81. The van der Waals surface area contributed by atoms with Crippen LogP contribution < -0.4 is 25.6 Å². The third-order valence-corrected chi connectivity index (χ3v) is 12.4. The van der Waals surface area contributed by atoms with E-state index >= 15 is 0 Å². The molecule has 0 saturated carbocycles. The molecular formula is C48H53N3O16. The largest absolute Gasteiger partial charge is 0.510 e. The quantitative estimate of drug-likeness (QED) is 0.0488.